The molecule has 1 atom stereocenters. The van der Waals surface area contributed by atoms with Crippen LogP contribution in [0.3, 0.4) is 0 Å². The van der Waals surface area contributed by atoms with Crippen LogP contribution in [0.2, 0.25) is 0 Å². The van der Waals surface area contributed by atoms with Crippen LogP contribution in [0.5, 0.6) is 0 Å². The van der Waals surface area contributed by atoms with Crippen LogP contribution in [0.15, 0.2) is 24.3 Å². The van der Waals surface area contributed by atoms with Gasteiger partial charge in [-0.25, -0.2) is 0 Å². The molecule has 1 aliphatic rings. The fourth-order valence-corrected chi connectivity index (χ4v) is 3.83. The molecule has 1 nitrogen and oxygen atoms in total. The van der Waals surface area contributed by atoms with E-state index in [2.05, 4.69) is 31.2 Å². The van der Waals surface area contributed by atoms with E-state index in [1.54, 1.807) is 0 Å². The highest BCUT2D eigenvalue weighted by atomic mass is 31.1. The molecule has 1 saturated carbocycles. The van der Waals surface area contributed by atoms with Crippen LogP contribution in [0.4, 0.5) is 0 Å². The molecule has 0 bridgehead atoms. The molecule has 2 rings (SSSR count). The Labute approximate surface area is 100 Å². The maximum atomic E-state index is 8.94. The molecular formula is C14H21OP. The minimum absolute atomic E-state index is 0.400. The van der Waals surface area contributed by atoms with Crippen molar-refractivity contribution in [2.24, 2.45) is 11.8 Å². The van der Waals surface area contributed by atoms with Crippen molar-refractivity contribution >= 4 is 8.58 Å². The summed E-state index contributed by atoms with van der Waals surface area (Å²) in [6.45, 7) is 2.56. The summed E-state index contributed by atoms with van der Waals surface area (Å²) in [5.41, 5.74) is 2.85. The molecule has 1 unspecified atom stereocenters. The van der Waals surface area contributed by atoms with Crippen molar-refractivity contribution < 1.29 is 5.11 Å². The first kappa shape index (κ1) is 12.1. The third-order valence-electron chi connectivity index (χ3n) is 3.44. The van der Waals surface area contributed by atoms with Crippen LogP contribution < -0.4 is 0 Å². The van der Waals surface area contributed by atoms with E-state index in [1.165, 1.54) is 36.3 Å². The van der Waals surface area contributed by atoms with E-state index in [0.29, 0.717) is 12.5 Å². The second-order valence-electron chi connectivity index (χ2n) is 5.01. The van der Waals surface area contributed by atoms with Gasteiger partial charge in [-0.2, -0.15) is 0 Å². The minimum atomic E-state index is 0.400. The topological polar surface area (TPSA) is 20.2 Å². The zero-order chi connectivity index (χ0) is 11.4. The molecule has 1 aliphatic carbocycles. The average molecular weight is 236 g/mol. The minimum Gasteiger partial charge on any atom is -0.396 e. The van der Waals surface area contributed by atoms with Crippen molar-refractivity contribution in [3.05, 3.63) is 35.4 Å². The highest BCUT2D eigenvalue weighted by Crippen LogP contribution is 2.37. The molecule has 1 aromatic rings. The van der Waals surface area contributed by atoms with E-state index >= 15 is 0 Å². The summed E-state index contributed by atoms with van der Waals surface area (Å²) in [7, 11) is 1.05. The first-order chi connectivity index (χ1) is 7.78. The number of aliphatic hydroxyl groups excluding tert-OH is 1. The van der Waals surface area contributed by atoms with Gasteiger partial charge in [-0.3, -0.25) is 0 Å². The Hall–Kier alpha value is -0.390. The number of aryl methyl sites for hydroxylation is 1. The summed E-state index contributed by atoms with van der Waals surface area (Å²) < 4.78 is 0. The predicted octanol–water partition coefficient (Wildman–Crippen LogP) is 3.19. The van der Waals surface area contributed by atoms with Crippen LogP contribution in [-0.2, 0) is 6.16 Å². The van der Waals surface area contributed by atoms with Gasteiger partial charge in [-0.15, -0.1) is 8.58 Å². The first-order valence-electron chi connectivity index (χ1n) is 6.15. The Kier molecular flexibility index (Phi) is 4.37. The Balaban J connectivity index is 1.65. The predicted molar refractivity (Wildman–Crippen MR) is 71.4 cm³/mol. The third kappa shape index (κ3) is 3.30. The molecule has 1 aromatic carbocycles. The number of rotatable bonds is 5. The summed E-state index contributed by atoms with van der Waals surface area (Å²) in [6.07, 6.45) is 5.13. The van der Waals surface area contributed by atoms with Crippen LogP contribution >= 0.6 is 8.58 Å². The van der Waals surface area contributed by atoms with E-state index in [1.807, 2.05) is 0 Å². The van der Waals surface area contributed by atoms with Crippen molar-refractivity contribution in [3.8, 4) is 0 Å². The van der Waals surface area contributed by atoms with Gasteiger partial charge in [0.1, 0.15) is 0 Å². The molecule has 1 N–H and O–H groups in total. The van der Waals surface area contributed by atoms with Gasteiger partial charge in [-0.1, -0.05) is 29.8 Å². The van der Waals surface area contributed by atoms with Crippen LogP contribution in [0, 0.1) is 18.8 Å². The number of hydrogen-bond donors (Lipinski definition) is 1. The number of aliphatic hydroxyl groups is 1. The van der Waals surface area contributed by atoms with Gasteiger partial charge in [0.2, 0.25) is 0 Å². The van der Waals surface area contributed by atoms with Gasteiger partial charge in [0.25, 0.3) is 0 Å². The highest BCUT2D eigenvalue weighted by Gasteiger charge is 2.27. The second kappa shape index (κ2) is 5.80. The maximum Gasteiger partial charge on any atom is 0.0459 e. The first-order valence-corrected chi connectivity index (χ1v) is 7.56. The van der Waals surface area contributed by atoms with E-state index in [-0.39, 0.29) is 0 Å². The molecule has 2 heteroatoms. The zero-order valence-electron chi connectivity index (χ0n) is 9.95. The smallest absolute Gasteiger partial charge is 0.0459 e. The molecule has 0 aliphatic heterocycles. The van der Waals surface area contributed by atoms with Crippen molar-refractivity contribution in [3.63, 3.8) is 0 Å². The standard InChI is InChI=1S/C14H21OP/c1-11-3-2-4-12(5-11)9-16-10-14-6-13(7-14)8-15/h2-5,13-16H,6-10H2,1H3. The van der Waals surface area contributed by atoms with Gasteiger partial charge in [0, 0.05) is 6.61 Å². The lowest BCUT2D eigenvalue weighted by atomic mass is 9.77. The molecule has 0 radical (unpaired) electrons. The lowest BCUT2D eigenvalue weighted by Crippen LogP contribution is -2.27. The van der Waals surface area contributed by atoms with Crippen LogP contribution in [-0.4, -0.2) is 17.9 Å². The monoisotopic (exact) mass is 236 g/mol. The molecule has 0 heterocycles. The summed E-state index contributed by atoms with van der Waals surface area (Å²) in [5, 5.41) is 8.94. The molecular weight excluding hydrogens is 215 g/mol. The third-order valence-corrected chi connectivity index (χ3v) is 4.96. The number of benzene rings is 1. The lowest BCUT2D eigenvalue weighted by Gasteiger charge is -2.34. The Morgan fingerprint density at radius 2 is 2.12 bits per heavy atom. The summed E-state index contributed by atoms with van der Waals surface area (Å²) in [4.78, 5) is 0. The molecule has 16 heavy (non-hydrogen) atoms. The summed E-state index contributed by atoms with van der Waals surface area (Å²) >= 11 is 0. The quantitative estimate of drug-likeness (QED) is 0.778. The second-order valence-corrected chi connectivity index (χ2v) is 6.27. The SMILES string of the molecule is Cc1cccc(CPCC2CC(CO)C2)c1. The fourth-order valence-electron chi connectivity index (χ4n) is 2.43. The van der Waals surface area contributed by atoms with Gasteiger partial charge >= 0.3 is 0 Å². The number of hydrogen-bond acceptors (Lipinski definition) is 1. The average Bonchev–Trinajstić information content (AvgIpc) is 2.21. The van der Waals surface area contributed by atoms with Crippen molar-refractivity contribution in [1.82, 2.24) is 0 Å². The Morgan fingerprint density at radius 1 is 1.31 bits per heavy atom. The summed E-state index contributed by atoms with van der Waals surface area (Å²) in [5.74, 6) is 1.52. The van der Waals surface area contributed by atoms with E-state index in [9.17, 15) is 0 Å². The van der Waals surface area contributed by atoms with Crippen molar-refractivity contribution in [1.29, 1.82) is 0 Å². The van der Waals surface area contributed by atoms with Crippen molar-refractivity contribution in [2.45, 2.75) is 25.9 Å². The highest BCUT2D eigenvalue weighted by molar-refractivity contribution is 7.37. The fraction of sp³-hybridized carbons (Fsp3) is 0.571. The van der Waals surface area contributed by atoms with Gasteiger partial charge < -0.3 is 5.11 Å². The summed E-state index contributed by atoms with van der Waals surface area (Å²) in [6, 6.07) is 8.84. The Morgan fingerprint density at radius 3 is 2.81 bits per heavy atom. The van der Waals surface area contributed by atoms with Gasteiger partial charge in [0.05, 0.1) is 0 Å². The molecule has 0 spiro atoms. The zero-order valence-corrected chi connectivity index (χ0v) is 10.9. The van der Waals surface area contributed by atoms with Crippen LogP contribution in [0.1, 0.15) is 24.0 Å². The molecule has 0 amide bonds. The lowest BCUT2D eigenvalue weighted by molar-refractivity contribution is 0.119. The normalized spacial score (nSPS) is 24.9. The van der Waals surface area contributed by atoms with E-state index < -0.39 is 0 Å². The van der Waals surface area contributed by atoms with Gasteiger partial charge in [0.15, 0.2) is 0 Å². The van der Waals surface area contributed by atoms with Gasteiger partial charge in [-0.05, 0) is 49.5 Å². The van der Waals surface area contributed by atoms with Crippen LogP contribution in [0.25, 0.3) is 0 Å². The molecule has 0 aromatic heterocycles. The van der Waals surface area contributed by atoms with E-state index in [0.717, 1.165) is 14.5 Å². The molecule has 88 valence electrons. The molecule has 0 saturated heterocycles. The Bertz CT molecular complexity index is 331. The molecule has 1 fully saturated rings. The maximum absolute atomic E-state index is 8.94. The van der Waals surface area contributed by atoms with Crippen molar-refractivity contribution in [2.75, 3.05) is 12.8 Å². The largest absolute Gasteiger partial charge is 0.396 e. The van der Waals surface area contributed by atoms with E-state index in [4.69, 9.17) is 5.11 Å².